The average Bonchev–Trinajstić information content (AvgIpc) is 2.29. The van der Waals surface area contributed by atoms with Crippen LogP contribution in [0.2, 0.25) is 0 Å². The van der Waals surface area contributed by atoms with Crippen LogP contribution in [0.3, 0.4) is 0 Å². The molecular weight excluding hydrogens is 194 g/mol. The Morgan fingerprint density at radius 2 is 2.07 bits per heavy atom. The molecule has 2 fully saturated rings. The van der Waals surface area contributed by atoms with Gasteiger partial charge in [-0.15, -0.1) is 0 Å². The molecule has 1 N–H and O–H groups in total. The largest absolute Gasteiger partial charge is 0.375 e. The van der Waals surface area contributed by atoms with Crippen LogP contribution in [0.15, 0.2) is 0 Å². The van der Waals surface area contributed by atoms with E-state index in [4.69, 9.17) is 4.74 Å². The molecule has 1 aliphatic heterocycles. The van der Waals surface area contributed by atoms with Gasteiger partial charge in [0.05, 0.1) is 12.7 Å². The van der Waals surface area contributed by atoms with Crippen LogP contribution in [-0.4, -0.2) is 36.8 Å². The van der Waals surface area contributed by atoms with Gasteiger partial charge in [0.1, 0.15) is 0 Å². The highest BCUT2D eigenvalue weighted by Crippen LogP contribution is 2.28. The third-order valence-corrected chi connectivity index (χ3v) is 4.58. The highest BCUT2D eigenvalue weighted by molar-refractivity contribution is 7.99. The van der Waals surface area contributed by atoms with Crippen molar-refractivity contribution < 1.29 is 4.74 Å². The fraction of sp³-hybridized carbons (Fsp3) is 1.00. The van der Waals surface area contributed by atoms with Crippen LogP contribution in [-0.2, 0) is 4.74 Å². The van der Waals surface area contributed by atoms with E-state index in [9.17, 15) is 0 Å². The molecule has 2 rings (SSSR count). The number of hydrogen-bond acceptors (Lipinski definition) is 3. The van der Waals surface area contributed by atoms with Gasteiger partial charge in [-0.2, -0.15) is 11.8 Å². The second-order valence-electron chi connectivity index (χ2n) is 4.29. The second kappa shape index (κ2) is 5.99. The van der Waals surface area contributed by atoms with Gasteiger partial charge in [0, 0.05) is 24.1 Å². The lowest BCUT2D eigenvalue weighted by atomic mass is 10.0. The van der Waals surface area contributed by atoms with Crippen molar-refractivity contribution in [2.75, 3.05) is 25.4 Å². The maximum Gasteiger partial charge on any atom is 0.0790 e. The Morgan fingerprint density at radius 3 is 2.79 bits per heavy atom. The zero-order valence-corrected chi connectivity index (χ0v) is 9.65. The Hall–Kier alpha value is 0.270. The van der Waals surface area contributed by atoms with Gasteiger partial charge in [-0.3, -0.25) is 0 Å². The molecule has 1 aliphatic carbocycles. The summed E-state index contributed by atoms with van der Waals surface area (Å²) in [6, 6.07) is 0. The summed E-state index contributed by atoms with van der Waals surface area (Å²) in [5.41, 5.74) is 0. The molecule has 0 aromatic carbocycles. The van der Waals surface area contributed by atoms with Crippen LogP contribution in [0.5, 0.6) is 0 Å². The van der Waals surface area contributed by atoms with Crippen LogP contribution in [0.1, 0.15) is 32.1 Å². The first-order valence-electron chi connectivity index (χ1n) is 5.89. The molecule has 0 aromatic heterocycles. The van der Waals surface area contributed by atoms with Crippen LogP contribution >= 0.6 is 11.8 Å². The first-order valence-corrected chi connectivity index (χ1v) is 6.94. The second-order valence-corrected chi connectivity index (χ2v) is 5.62. The molecule has 1 saturated heterocycles. The average molecular weight is 215 g/mol. The summed E-state index contributed by atoms with van der Waals surface area (Å²) >= 11 is 2.14. The Morgan fingerprint density at radius 1 is 1.21 bits per heavy atom. The van der Waals surface area contributed by atoms with Crippen molar-refractivity contribution in [1.29, 1.82) is 0 Å². The number of hydrogen-bond donors (Lipinski definition) is 1. The fourth-order valence-corrected chi connectivity index (χ4v) is 3.57. The Bertz CT molecular complexity index is 135. The minimum absolute atomic E-state index is 0.468. The van der Waals surface area contributed by atoms with Crippen molar-refractivity contribution in [3.8, 4) is 0 Å². The lowest BCUT2D eigenvalue weighted by Gasteiger charge is -2.26. The smallest absolute Gasteiger partial charge is 0.0790 e. The summed E-state index contributed by atoms with van der Waals surface area (Å²) in [7, 11) is 0. The van der Waals surface area contributed by atoms with Crippen molar-refractivity contribution in [3.63, 3.8) is 0 Å². The van der Waals surface area contributed by atoms with Crippen molar-refractivity contribution in [3.05, 3.63) is 0 Å². The standard InChI is InChI=1S/C11H21NOS/c1-2-4-11(5-3-1)14-9-10-8-12-6-7-13-10/h10-12H,1-9H2. The van der Waals surface area contributed by atoms with Crippen LogP contribution < -0.4 is 5.32 Å². The van der Waals surface area contributed by atoms with Gasteiger partial charge in [0.2, 0.25) is 0 Å². The number of morpholine rings is 1. The molecule has 2 aliphatic rings. The topological polar surface area (TPSA) is 21.3 Å². The van der Waals surface area contributed by atoms with Crippen molar-refractivity contribution >= 4 is 11.8 Å². The quantitative estimate of drug-likeness (QED) is 0.778. The molecule has 0 bridgehead atoms. The molecule has 1 saturated carbocycles. The molecule has 1 atom stereocenters. The summed E-state index contributed by atoms with van der Waals surface area (Å²) in [4.78, 5) is 0. The fourth-order valence-electron chi connectivity index (χ4n) is 2.20. The number of thioether (sulfide) groups is 1. The van der Waals surface area contributed by atoms with Gasteiger partial charge in [-0.1, -0.05) is 19.3 Å². The Balaban J connectivity index is 1.60. The molecule has 14 heavy (non-hydrogen) atoms. The summed E-state index contributed by atoms with van der Waals surface area (Å²) in [6.07, 6.45) is 7.69. The van der Waals surface area contributed by atoms with Gasteiger partial charge in [0.25, 0.3) is 0 Å². The SMILES string of the molecule is C1CCC(SCC2CNCCO2)CC1. The predicted octanol–water partition coefficient (Wildman–Crippen LogP) is 2.04. The van der Waals surface area contributed by atoms with E-state index in [-0.39, 0.29) is 0 Å². The zero-order valence-electron chi connectivity index (χ0n) is 8.84. The molecule has 1 heterocycles. The van der Waals surface area contributed by atoms with E-state index in [1.54, 1.807) is 0 Å². The normalized spacial score (nSPS) is 30.4. The van der Waals surface area contributed by atoms with Crippen LogP contribution in [0.25, 0.3) is 0 Å². The minimum Gasteiger partial charge on any atom is -0.375 e. The Kier molecular flexibility index (Phi) is 4.61. The summed E-state index contributed by atoms with van der Waals surface area (Å²) in [6.45, 7) is 2.99. The molecule has 0 spiro atoms. The number of ether oxygens (including phenoxy) is 1. The first-order chi connectivity index (χ1) is 6.95. The van der Waals surface area contributed by atoms with E-state index in [1.807, 2.05) is 0 Å². The van der Waals surface area contributed by atoms with Crippen LogP contribution in [0, 0.1) is 0 Å². The van der Waals surface area contributed by atoms with Crippen LogP contribution in [0.4, 0.5) is 0 Å². The van der Waals surface area contributed by atoms with E-state index in [0.29, 0.717) is 6.10 Å². The zero-order chi connectivity index (χ0) is 9.64. The molecule has 0 radical (unpaired) electrons. The van der Waals surface area contributed by atoms with Gasteiger partial charge in [-0.25, -0.2) is 0 Å². The van der Waals surface area contributed by atoms with Gasteiger partial charge in [0.15, 0.2) is 0 Å². The first kappa shape index (κ1) is 10.8. The molecular formula is C11H21NOS. The number of rotatable bonds is 3. The lowest BCUT2D eigenvalue weighted by molar-refractivity contribution is 0.0440. The molecule has 1 unspecified atom stereocenters. The number of nitrogens with one attached hydrogen (secondary N) is 1. The Labute approximate surface area is 91.2 Å². The molecule has 82 valence electrons. The van der Waals surface area contributed by atoms with E-state index in [2.05, 4.69) is 17.1 Å². The van der Waals surface area contributed by atoms with Gasteiger partial charge in [-0.05, 0) is 12.8 Å². The van der Waals surface area contributed by atoms with Crippen molar-refractivity contribution in [2.24, 2.45) is 0 Å². The van der Waals surface area contributed by atoms with Gasteiger partial charge < -0.3 is 10.1 Å². The molecule has 2 nitrogen and oxygen atoms in total. The summed E-state index contributed by atoms with van der Waals surface area (Å²) in [5.74, 6) is 1.19. The third-order valence-electron chi connectivity index (χ3n) is 3.07. The molecule has 0 aromatic rings. The molecule has 3 heteroatoms. The van der Waals surface area contributed by atoms with E-state index >= 15 is 0 Å². The third kappa shape index (κ3) is 3.44. The predicted molar refractivity (Wildman–Crippen MR) is 61.9 cm³/mol. The highest BCUT2D eigenvalue weighted by Gasteiger charge is 2.18. The maximum absolute atomic E-state index is 5.69. The van der Waals surface area contributed by atoms with Gasteiger partial charge >= 0.3 is 0 Å². The summed E-state index contributed by atoms with van der Waals surface area (Å²) in [5, 5.41) is 4.31. The highest BCUT2D eigenvalue weighted by atomic mass is 32.2. The van der Waals surface area contributed by atoms with Crippen molar-refractivity contribution in [1.82, 2.24) is 5.32 Å². The maximum atomic E-state index is 5.69. The monoisotopic (exact) mass is 215 g/mol. The lowest BCUT2D eigenvalue weighted by Crippen LogP contribution is -2.40. The summed E-state index contributed by atoms with van der Waals surface area (Å²) < 4.78 is 5.69. The van der Waals surface area contributed by atoms with Crippen molar-refractivity contribution in [2.45, 2.75) is 43.5 Å². The minimum atomic E-state index is 0.468. The van der Waals surface area contributed by atoms with E-state index in [0.717, 1.165) is 24.9 Å². The molecule has 0 amide bonds. The van der Waals surface area contributed by atoms with E-state index in [1.165, 1.54) is 37.9 Å². The van der Waals surface area contributed by atoms with E-state index < -0.39 is 0 Å².